The van der Waals surface area contributed by atoms with Crippen molar-refractivity contribution in [1.82, 2.24) is 10.2 Å². The van der Waals surface area contributed by atoms with Crippen molar-refractivity contribution in [3.8, 4) is 11.5 Å². The minimum atomic E-state index is -2.57. The monoisotopic (exact) mass is 616 g/mol. The van der Waals surface area contributed by atoms with E-state index in [2.05, 4.69) is 41.7 Å². The third-order valence-corrected chi connectivity index (χ3v) is 11.6. The van der Waals surface area contributed by atoms with Crippen LogP contribution in [0, 0.1) is 0 Å². The van der Waals surface area contributed by atoms with Gasteiger partial charge in [-0.3, -0.25) is 9.59 Å². The first-order valence-electron chi connectivity index (χ1n) is 14.7. The fourth-order valence-electron chi connectivity index (χ4n) is 5.24. The van der Waals surface area contributed by atoms with Crippen LogP contribution in [0.4, 0.5) is 0 Å². The molecule has 5 aromatic carbocycles. The van der Waals surface area contributed by atoms with Gasteiger partial charge in [0, 0.05) is 18.9 Å². The molecule has 0 saturated carbocycles. The highest BCUT2D eigenvalue weighted by atomic mass is 31.2. The summed E-state index contributed by atoms with van der Waals surface area (Å²) < 4.78 is 10.6. The Morgan fingerprint density at radius 3 is 1.47 bits per heavy atom. The number of rotatable bonds is 12. The van der Waals surface area contributed by atoms with E-state index in [1.165, 1.54) is 0 Å². The average molecular weight is 617 g/mol. The first kappa shape index (κ1) is 31.4. The van der Waals surface area contributed by atoms with Gasteiger partial charge in [0.1, 0.15) is 18.0 Å². The van der Waals surface area contributed by atoms with E-state index in [-0.39, 0.29) is 24.9 Å². The Hall–Kier alpha value is -5.06. The Kier molecular flexibility index (Phi) is 10.5. The molecular weight excluding hydrogens is 579 g/mol. The number of benzene rings is 5. The third kappa shape index (κ3) is 7.72. The molecule has 0 heterocycles. The number of nitrogens with one attached hydrogen (secondary N) is 1. The van der Waals surface area contributed by atoms with Crippen LogP contribution in [0.1, 0.15) is 11.1 Å². The first-order valence-corrected chi connectivity index (χ1v) is 16.6. The normalized spacial score (nSPS) is 10.9. The van der Waals surface area contributed by atoms with Crippen LogP contribution in [0.3, 0.4) is 0 Å². The number of hydrogen-bond acceptors (Lipinski definition) is 4. The predicted molar refractivity (Wildman–Crippen MR) is 184 cm³/mol. The highest BCUT2D eigenvalue weighted by molar-refractivity contribution is 7.95. The van der Waals surface area contributed by atoms with Crippen molar-refractivity contribution in [2.75, 3.05) is 20.8 Å². The van der Waals surface area contributed by atoms with E-state index in [4.69, 9.17) is 9.47 Å². The molecule has 0 fully saturated rings. The van der Waals surface area contributed by atoms with E-state index in [0.29, 0.717) is 6.54 Å². The highest BCUT2D eigenvalue weighted by Crippen LogP contribution is 2.43. The van der Waals surface area contributed by atoms with E-state index in [0.717, 1.165) is 38.5 Å². The van der Waals surface area contributed by atoms with Crippen LogP contribution < -0.4 is 30.7 Å². The van der Waals surface area contributed by atoms with Gasteiger partial charge >= 0.3 is 0 Å². The summed E-state index contributed by atoms with van der Waals surface area (Å²) >= 11 is 0. The minimum Gasteiger partial charge on any atom is -0.497 e. The zero-order valence-corrected chi connectivity index (χ0v) is 26.4. The van der Waals surface area contributed by atoms with Crippen LogP contribution >= 0.6 is 6.89 Å². The SMILES string of the molecule is COc1ccc(CNC(=O)CN(Cc2ccc(OC)cc2)C(=O)C=P(c2ccccc2)(c2ccccc2)c2ccccc2)cc1. The number of ether oxygens (including phenoxy) is 2. The fourth-order valence-corrected chi connectivity index (χ4v) is 9.01. The van der Waals surface area contributed by atoms with Crippen molar-refractivity contribution < 1.29 is 19.1 Å². The summed E-state index contributed by atoms with van der Waals surface area (Å²) in [5, 5.41) is 6.16. The topological polar surface area (TPSA) is 67.9 Å². The van der Waals surface area contributed by atoms with Crippen molar-refractivity contribution in [2.45, 2.75) is 13.1 Å². The Morgan fingerprint density at radius 1 is 0.622 bits per heavy atom. The summed E-state index contributed by atoms with van der Waals surface area (Å²) in [5.74, 6) is 2.88. The standard InChI is InChI=1S/C38H37N2O4P/c1-43-32-22-18-30(19-23-32)26-39-37(41)28-40(27-31-20-24-33(44-2)25-21-31)38(42)29-45(34-12-6-3-7-13-34,35-14-8-4-9-15-35)36-16-10-5-11-17-36/h3-25,29H,26-28H2,1-2H3,(H,39,41). The number of methoxy groups -OCH3 is 2. The summed E-state index contributed by atoms with van der Waals surface area (Å²) in [6.45, 7) is -2.08. The van der Waals surface area contributed by atoms with Crippen LogP contribution in [-0.2, 0) is 22.7 Å². The molecule has 0 aliphatic heterocycles. The lowest BCUT2D eigenvalue weighted by atomic mass is 10.2. The van der Waals surface area contributed by atoms with Gasteiger partial charge in [-0.2, -0.15) is 0 Å². The maximum Gasteiger partial charge on any atom is 0.248 e. The fraction of sp³-hybridized carbons (Fsp3) is 0.132. The van der Waals surface area contributed by atoms with Crippen molar-refractivity contribution in [2.24, 2.45) is 0 Å². The molecule has 0 radical (unpaired) electrons. The molecule has 2 amide bonds. The Balaban J connectivity index is 1.55. The Labute approximate surface area is 265 Å². The first-order chi connectivity index (χ1) is 22.0. The van der Waals surface area contributed by atoms with E-state index >= 15 is 0 Å². The van der Waals surface area contributed by atoms with Crippen molar-refractivity contribution in [1.29, 1.82) is 0 Å². The number of amides is 2. The zero-order chi connectivity index (χ0) is 31.5. The maximum absolute atomic E-state index is 14.6. The molecule has 0 aliphatic rings. The lowest BCUT2D eigenvalue weighted by Gasteiger charge is -2.30. The molecule has 0 aliphatic carbocycles. The molecule has 5 aromatic rings. The molecule has 0 spiro atoms. The van der Waals surface area contributed by atoms with Gasteiger partial charge in [0.05, 0.1) is 14.2 Å². The van der Waals surface area contributed by atoms with Crippen LogP contribution in [-0.4, -0.2) is 43.3 Å². The lowest BCUT2D eigenvalue weighted by Crippen LogP contribution is -2.42. The van der Waals surface area contributed by atoms with Gasteiger partial charge < -0.3 is 19.7 Å². The largest absolute Gasteiger partial charge is 0.497 e. The van der Waals surface area contributed by atoms with Gasteiger partial charge in [-0.25, -0.2) is 0 Å². The third-order valence-electron chi connectivity index (χ3n) is 7.62. The van der Waals surface area contributed by atoms with Crippen LogP contribution in [0.2, 0.25) is 0 Å². The van der Waals surface area contributed by atoms with Crippen LogP contribution in [0.25, 0.3) is 0 Å². The smallest absolute Gasteiger partial charge is 0.248 e. The summed E-state index contributed by atoms with van der Waals surface area (Å²) in [4.78, 5) is 29.6. The molecule has 0 atom stereocenters. The Morgan fingerprint density at radius 2 is 1.04 bits per heavy atom. The quantitative estimate of drug-likeness (QED) is 0.197. The molecule has 7 heteroatoms. The number of carbonyl (C=O) groups is 2. The molecule has 0 bridgehead atoms. The molecule has 1 N–H and O–H groups in total. The minimum absolute atomic E-state index is 0.101. The zero-order valence-electron chi connectivity index (χ0n) is 25.5. The predicted octanol–water partition coefficient (Wildman–Crippen LogP) is 5.15. The second kappa shape index (κ2) is 15.1. The molecule has 0 saturated heterocycles. The van der Waals surface area contributed by atoms with Gasteiger partial charge in [-0.15, -0.1) is 0 Å². The molecular formula is C38H37N2O4P. The Bertz CT molecular complexity index is 1640. The molecule has 5 rings (SSSR count). The van der Waals surface area contributed by atoms with Crippen molar-refractivity contribution in [3.63, 3.8) is 0 Å². The molecule has 45 heavy (non-hydrogen) atoms. The maximum atomic E-state index is 14.6. The summed E-state index contributed by atoms with van der Waals surface area (Å²) in [6, 6.07) is 45.6. The molecule has 0 aromatic heterocycles. The van der Waals surface area contributed by atoms with Crippen molar-refractivity contribution in [3.05, 3.63) is 151 Å². The van der Waals surface area contributed by atoms with Crippen LogP contribution in [0.15, 0.2) is 140 Å². The average Bonchev–Trinajstić information content (AvgIpc) is 3.11. The number of nitrogens with zero attached hydrogens (tertiary/aromatic N) is 1. The summed E-state index contributed by atoms with van der Waals surface area (Å²) in [7, 11) is 3.24. The van der Waals surface area contributed by atoms with Crippen LogP contribution in [0.5, 0.6) is 11.5 Å². The van der Waals surface area contributed by atoms with E-state index in [9.17, 15) is 9.59 Å². The van der Waals surface area contributed by atoms with E-state index in [1.54, 1.807) is 19.1 Å². The number of carbonyl (C=O) groups excluding carboxylic acids is 2. The molecule has 0 unspecified atom stereocenters. The van der Waals surface area contributed by atoms with Gasteiger partial charge in [0.25, 0.3) is 0 Å². The second-order valence-electron chi connectivity index (χ2n) is 10.5. The summed E-state index contributed by atoms with van der Waals surface area (Å²) in [5.41, 5.74) is 1.83. The van der Waals surface area contributed by atoms with Gasteiger partial charge in [0.15, 0.2) is 0 Å². The molecule has 6 nitrogen and oxygen atoms in total. The molecule has 228 valence electrons. The van der Waals surface area contributed by atoms with E-state index in [1.807, 2.05) is 109 Å². The second-order valence-corrected chi connectivity index (χ2v) is 13.8. The van der Waals surface area contributed by atoms with Gasteiger partial charge in [-0.05, 0) is 58.2 Å². The van der Waals surface area contributed by atoms with Crippen molar-refractivity contribution >= 4 is 40.4 Å². The summed E-state index contributed by atoms with van der Waals surface area (Å²) in [6.07, 6.45) is 0. The lowest BCUT2D eigenvalue weighted by molar-refractivity contribution is -0.131. The van der Waals surface area contributed by atoms with Gasteiger partial charge in [-0.1, -0.05) is 115 Å². The highest BCUT2D eigenvalue weighted by Gasteiger charge is 2.28. The number of hydrogen-bond donors (Lipinski definition) is 1. The van der Waals surface area contributed by atoms with E-state index < -0.39 is 6.89 Å². The van der Waals surface area contributed by atoms with Gasteiger partial charge in [0.2, 0.25) is 11.8 Å².